The second-order valence-corrected chi connectivity index (χ2v) is 4.91. The average Bonchev–Trinajstić information content (AvgIpc) is 2.49. The van der Waals surface area contributed by atoms with Gasteiger partial charge in [-0.15, -0.1) is 0 Å². The summed E-state index contributed by atoms with van der Waals surface area (Å²) in [6, 6.07) is 7.83. The second kappa shape index (κ2) is 6.41. The van der Waals surface area contributed by atoms with E-state index in [1.165, 1.54) is 0 Å². The Bertz CT molecular complexity index is 627. The van der Waals surface area contributed by atoms with Crippen LogP contribution in [0.1, 0.15) is 18.3 Å². The standard InChI is InChI=1S/C15H21N5O/c1-5-13-17-14(19-16)10(2)15(18-13)21-12-8-6-7-11(9-12)20(3)4/h6-9H,5,16H2,1-4H3,(H,17,18,19). The van der Waals surface area contributed by atoms with Crippen molar-refractivity contribution in [2.75, 3.05) is 24.4 Å². The minimum Gasteiger partial charge on any atom is -0.438 e. The predicted molar refractivity (Wildman–Crippen MR) is 84.8 cm³/mol. The Morgan fingerprint density at radius 1 is 1.29 bits per heavy atom. The van der Waals surface area contributed by atoms with E-state index in [0.29, 0.717) is 23.9 Å². The van der Waals surface area contributed by atoms with E-state index in [4.69, 9.17) is 10.6 Å². The third-order valence-corrected chi connectivity index (χ3v) is 3.15. The number of nitrogens with zero attached hydrogens (tertiary/aromatic N) is 3. The summed E-state index contributed by atoms with van der Waals surface area (Å²) in [7, 11) is 3.97. The Labute approximate surface area is 124 Å². The summed E-state index contributed by atoms with van der Waals surface area (Å²) in [6.45, 7) is 3.86. The van der Waals surface area contributed by atoms with E-state index in [1.54, 1.807) is 0 Å². The number of rotatable bonds is 5. The van der Waals surface area contributed by atoms with E-state index in [9.17, 15) is 0 Å². The molecule has 0 spiro atoms. The minimum atomic E-state index is 0.519. The van der Waals surface area contributed by atoms with Crippen LogP contribution in [0.3, 0.4) is 0 Å². The molecule has 112 valence electrons. The van der Waals surface area contributed by atoms with Crippen LogP contribution in [0.2, 0.25) is 0 Å². The Morgan fingerprint density at radius 3 is 2.67 bits per heavy atom. The van der Waals surface area contributed by atoms with Gasteiger partial charge in [0.25, 0.3) is 0 Å². The van der Waals surface area contributed by atoms with Crippen molar-refractivity contribution in [3.05, 3.63) is 35.7 Å². The van der Waals surface area contributed by atoms with Crippen LogP contribution in [0.5, 0.6) is 11.6 Å². The Hall–Kier alpha value is -2.34. The lowest BCUT2D eigenvalue weighted by Crippen LogP contribution is -2.13. The van der Waals surface area contributed by atoms with Gasteiger partial charge >= 0.3 is 0 Å². The second-order valence-electron chi connectivity index (χ2n) is 4.91. The molecule has 0 aliphatic rings. The quantitative estimate of drug-likeness (QED) is 0.650. The topological polar surface area (TPSA) is 76.3 Å². The lowest BCUT2D eigenvalue weighted by molar-refractivity contribution is 0.455. The fraction of sp³-hybridized carbons (Fsp3) is 0.333. The van der Waals surface area contributed by atoms with Gasteiger partial charge in [-0.1, -0.05) is 13.0 Å². The van der Waals surface area contributed by atoms with Crippen molar-refractivity contribution in [3.8, 4) is 11.6 Å². The number of ether oxygens (including phenoxy) is 1. The van der Waals surface area contributed by atoms with Crippen molar-refractivity contribution in [1.29, 1.82) is 0 Å². The fourth-order valence-electron chi connectivity index (χ4n) is 1.88. The highest BCUT2D eigenvalue weighted by Crippen LogP contribution is 2.28. The monoisotopic (exact) mass is 287 g/mol. The first-order valence-electron chi connectivity index (χ1n) is 6.84. The van der Waals surface area contributed by atoms with E-state index in [1.807, 2.05) is 57.1 Å². The van der Waals surface area contributed by atoms with Gasteiger partial charge in [-0.2, -0.15) is 4.98 Å². The number of hydrogen-bond donors (Lipinski definition) is 2. The van der Waals surface area contributed by atoms with Gasteiger partial charge in [-0.05, 0) is 19.1 Å². The van der Waals surface area contributed by atoms with Crippen molar-refractivity contribution in [3.63, 3.8) is 0 Å². The molecule has 0 bridgehead atoms. The molecule has 6 heteroatoms. The molecule has 0 saturated carbocycles. The van der Waals surface area contributed by atoms with Crippen molar-refractivity contribution in [2.45, 2.75) is 20.3 Å². The van der Waals surface area contributed by atoms with E-state index < -0.39 is 0 Å². The molecule has 0 aliphatic carbocycles. The predicted octanol–water partition coefficient (Wildman–Crippen LogP) is 2.49. The van der Waals surface area contributed by atoms with Gasteiger partial charge in [0.15, 0.2) is 0 Å². The number of anilines is 2. The molecule has 1 heterocycles. The first kappa shape index (κ1) is 15.1. The van der Waals surface area contributed by atoms with Gasteiger partial charge in [-0.3, -0.25) is 0 Å². The first-order chi connectivity index (χ1) is 10.0. The maximum atomic E-state index is 5.91. The molecule has 2 rings (SSSR count). The lowest BCUT2D eigenvalue weighted by atomic mass is 10.3. The van der Waals surface area contributed by atoms with Crippen LogP contribution in [0.25, 0.3) is 0 Å². The summed E-state index contributed by atoms with van der Waals surface area (Å²) < 4.78 is 5.91. The van der Waals surface area contributed by atoms with Crippen molar-refractivity contribution in [2.24, 2.45) is 5.84 Å². The number of aromatic nitrogens is 2. The maximum absolute atomic E-state index is 5.91. The highest BCUT2D eigenvalue weighted by Gasteiger charge is 2.12. The molecular formula is C15H21N5O. The van der Waals surface area contributed by atoms with Gasteiger partial charge in [0.2, 0.25) is 5.88 Å². The molecule has 0 aliphatic heterocycles. The molecule has 0 fully saturated rings. The SMILES string of the molecule is CCc1nc(NN)c(C)c(Oc2cccc(N(C)C)c2)n1. The molecule has 6 nitrogen and oxygen atoms in total. The van der Waals surface area contributed by atoms with Gasteiger partial charge in [0.1, 0.15) is 17.4 Å². The third-order valence-electron chi connectivity index (χ3n) is 3.15. The van der Waals surface area contributed by atoms with E-state index in [2.05, 4.69) is 15.4 Å². The molecule has 0 atom stereocenters. The molecule has 3 N–H and O–H groups in total. The summed E-state index contributed by atoms with van der Waals surface area (Å²) in [5.74, 6) is 8.02. The van der Waals surface area contributed by atoms with Gasteiger partial charge in [0, 0.05) is 32.3 Å². The zero-order valence-corrected chi connectivity index (χ0v) is 12.8. The highest BCUT2D eigenvalue weighted by atomic mass is 16.5. The molecule has 0 saturated heterocycles. The van der Waals surface area contributed by atoms with Gasteiger partial charge in [0.05, 0.1) is 5.56 Å². The van der Waals surface area contributed by atoms with Crippen LogP contribution >= 0.6 is 0 Å². The van der Waals surface area contributed by atoms with E-state index in [-0.39, 0.29) is 0 Å². The maximum Gasteiger partial charge on any atom is 0.227 e. The summed E-state index contributed by atoms with van der Waals surface area (Å²) in [6.07, 6.45) is 0.711. The number of nitrogens with two attached hydrogens (primary N) is 1. The molecular weight excluding hydrogens is 266 g/mol. The summed E-state index contributed by atoms with van der Waals surface area (Å²) >= 11 is 0. The van der Waals surface area contributed by atoms with E-state index in [0.717, 1.165) is 17.0 Å². The normalized spacial score (nSPS) is 10.3. The third kappa shape index (κ3) is 3.41. The molecule has 0 unspecified atom stereocenters. The number of nitrogen functional groups attached to an aromatic ring is 1. The lowest BCUT2D eigenvalue weighted by Gasteiger charge is -2.15. The zero-order chi connectivity index (χ0) is 15.4. The molecule has 0 radical (unpaired) electrons. The summed E-state index contributed by atoms with van der Waals surface area (Å²) in [4.78, 5) is 10.8. The van der Waals surface area contributed by atoms with E-state index >= 15 is 0 Å². The largest absolute Gasteiger partial charge is 0.438 e. The summed E-state index contributed by atoms with van der Waals surface area (Å²) in [5.41, 5.74) is 4.43. The van der Waals surface area contributed by atoms with Crippen molar-refractivity contribution in [1.82, 2.24) is 9.97 Å². The molecule has 21 heavy (non-hydrogen) atoms. The average molecular weight is 287 g/mol. The van der Waals surface area contributed by atoms with Crippen LogP contribution in [0.4, 0.5) is 11.5 Å². The summed E-state index contributed by atoms with van der Waals surface area (Å²) in [5, 5.41) is 0. The van der Waals surface area contributed by atoms with Crippen LogP contribution in [-0.4, -0.2) is 24.1 Å². The molecule has 2 aromatic rings. The number of aryl methyl sites for hydroxylation is 1. The Morgan fingerprint density at radius 2 is 2.05 bits per heavy atom. The van der Waals surface area contributed by atoms with Crippen molar-refractivity contribution >= 4 is 11.5 Å². The fourth-order valence-corrected chi connectivity index (χ4v) is 1.88. The molecule has 1 aromatic heterocycles. The Kier molecular flexibility index (Phi) is 4.59. The number of hydrogen-bond acceptors (Lipinski definition) is 6. The first-order valence-corrected chi connectivity index (χ1v) is 6.84. The number of hydrazine groups is 1. The van der Waals surface area contributed by atoms with Crippen LogP contribution in [0.15, 0.2) is 24.3 Å². The number of benzene rings is 1. The van der Waals surface area contributed by atoms with Crippen LogP contribution < -0.4 is 20.9 Å². The smallest absolute Gasteiger partial charge is 0.227 e. The minimum absolute atomic E-state index is 0.519. The zero-order valence-electron chi connectivity index (χ0n) is 12.8. The van der Waals surface area contributed by atoms with Crippen LogP contribution in [-0.2, 0) is 6.42 Å². The van der Waals surface area contributed by atoms with Gasteiger partial charge in [-0.25, -0.2) is 10.8 Å². The molecule has 1 aromatic carbocycles. The Balaban J connectivity index is 2.36. The van der Waals surface area contributed by atoms with Gasteiger partial charge < -0.3 is 15.1 Å². The molecule has 0 amide bonds. The highest BCUT2D eigenvalue weighted by molar-refractivity contribution is 5.52. The number of nitrogens with one attached hydrogen (secondary N) is 1. The van der Waals surface area contributed by atoms with Crippen molar-refractivity contribution < 1.29 is 4.74 Å². The van der Waals surface area contributed by atoms with Crippen LogP contribution in [0, 0.1) is 6.92 Å².